The van der Waals surface area contributed by atoms with E-state index in [0.717, 1.165) is 4.57 Å². The predicted molar refractivity (Wildman–Crippen MR) is 67.5 cm³/mol. The van der Waals surface area contributed by atoms with E-state index >= 15 is 0 Å². The molecule has 0 amide bonds. The van der Waals surface area contributed by atoms with Crippen molar-refractivity contribution in [3.63, 3.8) is 0 Å². The van der Waals surface area contributed by atoms with E-state index in [0.29, 0.717) is 11.0 Å². The molecule has 96 valence electrons. The minimum Gasteiger partial charge on any atom is -0.305 e. The Kier molecular flexibility index (Phi) is 2.83. The second-order valence-electron chi connectivity index (χ2n) is 3.82. The Morgan fingerprint density at radius 1 is 1.00 bits per heavy atom. The van der Waals surface area contributed by atoms with Crippen LogP contribution in [0.15, 0.2) is 32.7 Å². The van der Waals surface area contributed by atoms with Gasteiger partial charge in [0.25, 0.3) is 9.05 Å². The molecule has 2 aromatic rings. The maximum Gasteiger partial charge on any atom is 0.316 e. The molecule has 1 aromatic carbocycles. The number of rotatable bonds is 1. The van der Waals surface area contributed by atoms with Gasteiger partial charge in [0.15, 0.2) is 0 Å². The third-order valence-corrected chi connectivity index (χ3v) is 4.09. The molecule has 0 saturated heterocycles. The smallest absolute Gasteiger partial charge is 0.305 e. The van der Waals surface area contributed by atoms with Crippen LogP contribution in [0.4, 0.5) is 0 Å². The van der Waals surface area contributed by atoms with Gasteiger partial charge in [-0.1, -0.05) is 0 Å². The van der Waals surface area contributed by atoms with Crippen molar-refractivity contribution in [2.24, 2.45) is 14.1 Å². The summed E-state index contributed by atoms with van der Waals surface area (Å²) >= 11 is 0. The Balaban J connectivity index is 3.05. The number of hydrogen-bond donors (Lipinski definition) is 0. The number of aryl methyl sites for hydroxylation is 2. The number of halogens is 1. The molecule has 0 radical (unpaired) electrons. The topological polar surface area (TPSA) is 78.1 Å². The summed E-state index contributed by atoms with van der Waals surface area (Å²) in [6.07, 6.45) is 0. The van der Waals surface area contributed by atoms with E-state index in [1.54, 1.807) is 0 Å². The van der Waals surface area contributed by atoms with Gasteiger partial charge in [0.05, 0.1) is 15.9 Å². The van der Waals surface area contributed by atoms with E-state index in [4.69, 9.17) is 10.7 Å². The highest BCUT2D eigenvalue weighted by atomic mass is 35.7. The zero-order valence-corrected chi connectivity index (χ0v) is 11.1. The van der Waals surface area contributed by atoms with Crippen LogP contribution in [0, 0.1) is 0 Å². The van der Waals surface area contributed by atoms with E-state index < -0.39 is 20.2 Å². The number of hydrogen-bond acceptors (Lipinski definition) is 4. The highest BCUT2D eigenvalue weighted by Gasteiger charge is 2.14. The Bertz CT molecular complexity index is 864. The molecule has 1 heterocycles. The van der Waals surface area contributed by atoms with Gasteiger partial charge in [0.2, 0.25) is 0 Å². The molecular formula is C10H9ClN2O4S. The fourth-order valence-electron chi connectivity index (χ4n) is 1.71. The Morgan fingerprint density at radius 3 is 2.00 bits per heavy atom. The van der Waals surface area contributed by atoms with Gasteiger partial charge in [0.1, 0.15) is 0 Å². The highest BCUT2D eigenvalue weighted by Crippen LogP contribution is 2.19. The predicted octanol–water partition coefficient (Wildman–Crippen LogP) is 0.165. The minimum atomic E-state index is -3.88. The van der Waals surface area contributed by atoms with Gasteiger partial charge in [-0.25, -0.2) is 8.42 Å². The summed E-state index contributed by atoms with van der Waals surface area (Å²) < 4.78 is 24.7. The van der Waals surface area contributed by atoms with Crippen LogP contribution in [0.1, 0.15) is 0 Å². The fraction of sp³-hybridized carbons (Fsp3) is 0.200. The zero-order chi connectivity index (χ0) is 13.7. The molecule has 6 nitrogen and oxygen atoms in total. The summed E-state index contributed by atoms with van der Waals surface area (Å²) in [4.78, 5) is 23.1. The van der Waals surface area contributed by atoms with Crippen molar-refractivity contribution in [2.45, 2.75) is 4.90 Å². The lowest BCUT2D eigenvalue weighted by Gasteiger charge is -2.09. The summed E-state index contributed by atoms with van der Waals surface area (Å²) in [7, 11) is 4.21. The molecule has 8 heteroatoms. The first-order valence-electron chi connectivity index (χ1n) is 4.88. The molecule has 0 spiro atoms. The van der Waals surface area contributed by atoms with Crippen molar-refractivity contribution in [1.82, 2.24) is 9.13 Å². The molecule has 0 N–H and O–H groups in total. The van der Waals surface area contributed by atoms with Crippen molar-refractivity contribution in [1.29, 1.82) is 0 Å². The lowest BCUT2D eigenvalue weighted by molar-refractivity contribution is 0.609. The van der Waals surface area contributed by atoms with Crippen LogP contribution in [0.25, 0.3) is 11.0 Å². The standard InChI is InChI=1S/C10H9ClN2O4S/c1-12-7-4-3-6(18(11,16)17)5-8(7)13(2)10(15)9(12)14/h3-5H,1-2H3. The summed E-state index contributed by atoms with van der Waals surface area (Å²) in [6, 6.07) is 3.98. The summed E-state index contributed by atoms with van der Waals surface area (Å²) in [5, 5.41) is 0. The molecule has 0 unspecified atom stereocenters. The largest absolute Gasteiger partial charge is 0.316 e. The van der Waals surface area contributed by atoms with E-state index in [1.807, 2.05) is 0 Å². The number of fused-ring (bicyclic) bond motifs is 1. The van der Waals surface area contributed by atoms with Crippen LogP contribution in [-0.2, 0) is 23.1 Å². The second kappa shape index (κ2) is 3.96. The fourth-order valence-corrected chi connectivity index (χ4v) is 2.48. The third kappa shape index (κ3) is 1.85. The van der Waals surface area contributed by atoms with Gasteiger partial charge >= 0.3 is 11.1 Å². The van der Waals surface area contributed by atoms with Crippen LogP contribution in [0.3, 0.4) is 0 Å². The average Bonchev–Trinajstić information content (AvgIpc) is 2.32. The summed E-state index contributed by atoms with van der Waals surface area (Å²) in [5.74, 6) is 0. The van der Waals surface area contributed by atoms with Gasteiger partial charge < -0.3 is 9.13 Å². The van der Waals surface area contributed by atoms with Gasteiger partial charge in [0, 0.05) is 24.8 Å². The first-order chi connectivity index (χ1) is 8.23. The summed E-state index contributed by atoms with van der Waals surface area (Å²) in [5.41, 5.74) is -0.629. The average molecular weight is 289 g/mol. The zero-order valence-electron chi connectivity index (χ0n) is 9.55. The van der Waals surface area contributed by atoms with Crippen molar-refractivity contribution in [2.75, 3.05) is 0 Å². The third-order valence-electron chi connectivity index (χ3n) is 2.74. The van der Waals surface area contributed by atoms with E-state index in [-0.39, 0.29) is 4.90 Å². The van der Waals surface area contributed by atoms with Gasteiger partial charge in [-0.3, -0.25) is 9.59 Å². The maximum atomic E-state index is 11.6. The lowest BCUT2D eigenvalue weighted by Crippen LogP contribution is -2.39. The van der Waals surface area contributed by atoms with Gasteiger partial charge in [-0.2, -0.15) is 0 Å². The van der Waals surface area contributed by atoms with Crippen LogP contribution in [-0.4, -0.2) is 17.6 Å². The SMILES string of the molecule is Cn1c(=O)c(=O)n(C)c2cc(S(=O)(=O)Cl)ccc21. The van der Waals surface area contributed by atoms with Crippen LogP contribution < -0.4 is 11.1 Å². The molecule has 0 saturated carbocycles. The molecular weight excluding hydrogens is 280 g/mol. The molecule has 18 heavy (non-hydrogen) atoms. The van der Waals surface area contributed by atoms with Crippen LogP contribution in [0.2, 0.25) is 0 Å². The van der Waals surface area contributed by atoms with Gasteiger partial charge in [-0.05, 0) is 18.2 Å². The van der Waals surface area contributed by atoms with Crippen LogP contribution in [0.5, 0.6) is 0 Å². The first kappa shape index (κ1) is 12.8. The van der Waals surface area contributed by atoms with Crippen molar-refractivity contribution < 1.29 is 8.42 Å². The number of benzene rings is 1. The maximum absolute atomic E-state index is 11.6. The van der Waals surface area contributed by atoms with Crippen LogP contribution >= 0.6 is 10.7 Å². The number of nitrogens with zero attached hydrogens (tertiary/aromatic N) is 2. The quantitative estimate of drug-likeness (QED) is 0.553. The lowest BCUT2D eigenvalue weighted by atomic mass is 10.3. The Hall–Kier alpha value is -1.60. The molecule has 2 rings (SSSR count). The normalized spacial score (nSPS) is 11.9. The van der Waals surface area contributed by atoms with Gasteiger partial charge in [-0.15, -0.1) is 0 Å². The van der Waals surface area contributed by atoms with Crippen molar-refractivity contribution in [3.05, 3.63) is 38.9 Å². The van der Waals surface area contributed by atoms with E-state index in [2.05, 4.69) is 0 Å². The molecule has 0 aliphatic carbocycles. The molecule has 0 bridgehead atoms. The molecule has 0 atom stereocenters. The molecule has 0 aliphatic heterocycles. The van der Waals surface area contributed by atoms with E-state index in [1.165, 1.54) is 36.9 Å². The first-order valence-corrected chi connectivity index (χ1v) is 7.19. The van der Waals surface area contributed by atoms with Crippen molar-refractivity contribution in [3.8, 4) is 0 Å². The molecule has 1 aromatic heterocycles. The minimum absolute atomic E-state index is 0.120. The Morgan fingerprint density at radius 2 is 1.50 bits per heavy atom. The number of aromatic nitrogens is 2. The molecule has 0 fully saturated rings. The van der Waals surface area contributed by atoms with Crippen molar-refractivity contribution >= 4 is 30.8 Å². The molecule has 0 aliphatic rings. The summed E-state index contributed by atoms with van der Waals surface area (Å²) in [6.45, 7) is 0. The van der Waals surface area contributed by atoms with E-state index in [9.17, 15) is 18.0 Å². The second-order valence-corrected chi connectivity index (χ2v) is 6.38. The Labute approximate surface area is 106 Å². The highest BCUT2D eigenvalue weighted by molar-refractivity contribution is 8.13. The monoisotopic (exact) mass is 288 g/mol.